The molecule has 0 aromatic heterocycles. The molecule has 3 heteroatoms. The first kappa shape index (κ1) is 6.34. The van der Waals surface area contributed by atoms with Crippen LogP contribution in [0.15, 0.2) is 0 Å². The van der Waals surface area contributed by atoms with E-state index in [9.17, 15) is 4.39 Å². The second kappa shape index (κ2) is 2.22. The molecule has 1 heterocycles. The van der Waals surface area contributed by atoms with Crippen molar-refractivity contribution in [3.8, 4) is 6.19 Å². The Morgan fingerprint density at radius 1 is 1.78 bits per heavy atom. The van der Waals surface area contributed by atoms with Crippen molar-refractivity contribution >= 4 is 0 Å². The number of hydrogen-bond acceptors (Lipinski definition) is 2. The Labute approximate surface area is 53.9 Å². The Hall–Kier alpha value is -0.780. The summed E-state index contributed by atoms with van der Waals surface area (Å²) in [6, 6.07) is -0.199. The van der Waals surface area contributed by atoms with Crippen LogP contribution in [0.3, 0.4) is 0 Å². The van der Waals surface area contributed by atoms with Crippen LogP contribution in [-0.4, -0.2) is 23.7 Å². The minimum absolute atomic E-state index is 0.199. The maximum Gasteiger partial charge on any atom is 0.179 e. The Morgan fingerprint density at radius 3 is 2.67 bits per heavy atom. The average molecular weight is 128 g/mol. The smallest absolute Gasteiger partial charge is 0.179 e. The van der Waals surface area contributed by atoms with Crippen molar-refractivity contribution in [2.24, 2.45) is 0 Å². The largest absolute Gasteiger partial charge is 0.305 e. The minimum atomic E-state index is -0.801. The first-order valence-corrected chi connectivity index (χ1v) is 3.06. The number of likely N-dealkylation sites (tertiary alicyclic amines) is 1. The molecule has 2 atom stereocenters. The van der Waals surface area contributed by atoms with E-state index in [1.54, 1.807) is 6.92 Å². The van der Waals surface area contributed by atoms with Crippen LogP contribution in [0.25, 0.3) is 0 Å². The molecule has 1 aliphatic rings. The summed E-state index contributed by atoms with van der Waals surface area (Å²) in [5.41, 5.74) is 0. The topological polar surface area (TPSA) is 27.0 Å². The molecule has 1 fully saturated rings. The van der Waals surface area contributed by atoms with Gasteiger partial charge in [0, 0.05) is 6.54 Å². The molecule has 0 spiro atoms. The van der Waals surface area contributed by atoms with Crippen LogP contribution in [0.5, 0.6) is 0 Å². The van der Waals surface area contributed by atoms with E-state index in [4.69, 9.17) is 5.26 Å². The summed E-state index contributed by atoms with van der Waals surface area (Å²) in [7, 11) is 0. The quantitative estimate of drug-likeness (QED) is 0.453. The summed E-state index contributed by atoms with van der Waals surface area (Å²) in [4.78, 5) is 1.48. The molecule has 50 valence electrons. The van der Waals surface area contributed by atoms with Crippen molar-refractivity contribution in [2.75, 3.05) is 6.54 Å². The van der Waals surface area contributed by atoms with Gasteiger partial charge in [-0.1, -0.05) is 0 Å². The summed E-state index contributed by atoms with van der Waals surface area (Å²) < 4.78 is 12.6. The molecular formula is C6H9FN2. The molecule has 1 aliphatic heterocycles. The van der Waals surface area contributed by atoms with Gasteiger partial charge in [-0.2, -0.15) is 5.26 Å². The van der Waals surface area contributed by atoms with E-state index in [2.05, 4.69) is 0 Å². The number of hydrogen-bond donors (Lipinski definition) is 0. The van der Waals surface area contributed by atoms with Crippen LogP contribution in [-0.2, 0) is 0 Å². The van der Waals surface area contributed by atoms with Crippen molar-refractivity contribution in [1.29, 1.82) is 5.26 Å². The van der Waals surface area contributed by atoms with E-state index in [1.807, 2.05) is 6.19 Å². The molecule has 0 aliphatic carbocycles. The van der Waals surface area contributed by atoms with Crippen molar-refractivity contribution in [2.45, 2.75) is 25.6 Å². The third kappa shape index (κ3) is 0.973. The van der Waals surface area contributed by atoms with Gasteiger partial charge in [-0.3, -0.25) is 0 Å². The highest BCUT2D eigenvalue weighted by Gasteiger charge is 2.29. The van der Waals surface area contributed by atoms with Crippen molar-refractivity contribution in [3.63, 3.8) is 0 Å². The number of rotatable bonds is 0. The molecule has 9 heavy (non-hydrogen) atoms. The third-order valence-corrected chi connectivity index (χ3v) is 1.79. The fraction of sp³-hybridized carbons (Fsp3) is 0.833. The lowest BCUT2D eigenvalue weighted by Crippen LogP contribution is -2.25. The third-order valence-electron chi connectivity index (χ3n) is 1.79. The van der Waals surface area contributed by atoms with E-state index in [0.717, 1.165) is 0 Å². The molecule has 0 radical (unpaired) electrons. The molecule has 0 amide bonds. The lowest BCUT2D eigenvalue weighted by atomic mass is 10.2. The minimum Gasteiger partial charge on any atom is -0.305 e. The van der Waals surface area contributed by atoms with Crippen LogP contribution in [0, 0.1) is 11.5 Å². The van der Waals surface area contributed by atoms with Crippen molar-refractivity contribution in [3.05, 3.63) is 0 Å². The normalized spacial score (nSPS) is 34.6. The van der Waals surface area contributed by atoms with E-state index in [-0.39, 0.29) is 6.04 Å². The van der Waals surface area contributed by atoms with Gasteiger partial charge in [-0.05, 0) is 13.3 Å². The van der Waals surface area contributed by atoms with Crippen LogP contribution >= 0.6 is 0 Å². The van der Waals surface area contributed by atoms with E-state index < -0.39 is 6.17 Å². The molecule has 0 aromatic carbocycles. The SMILES string of the molecule is CC1C(F)CCN1C#N. The van der Waals surface area contributed by atoms with Crippen molar-refractivity contribution < 1.29 is 4.39 Å². The van der Waals surface area contributed by atoms with Crippen LogP contribution in [0.4, 0.5) is 4.39 Å². The van der Waals surface area contributed by atoms with Gasteiger partial charge in [-0.25, -0.2) is 4.39 Å². The van der Waals surface area contributed by atoms with Gasteiger partial charge in [0.15, 0.2) is 6.19 Å². The maximum absolute atomic E-state index is 12.6. The van der Waals surface area contributed by atoms with Crippen molar-refractivity contribution in [1.82, 2.24) is 4.90 Å². The number of nitrogens with zero attached hydrogens (tertiary/aromatic N) is 2. The summed E-state index contributed by atoms with van der Waals surface area (Å²) >= 11 is 0. The first-order chi connectivity index (χ1) is 4.25. The highest BCUT2D eigenvalue weighted by atomic mass is 19.1. The predicted octanol–water partition coefficient (Wildman–Crippen LogP) is 0.900. The monoisotopic (exact) mass is 128 g/mol. The lowest BCUT2D eigenvalue weighted by Gasteiger charge is -2.12. The summed E-state index contributed by atoms with van der Waals surface area (Å²) in [5, 5.41) is 8.36. The standard InChI is InChI=1S/C6H9FN2/c1-5-6(7)2-3-9(5)4-8/h5-6H,2-3H2,1H3. The molecule has 0 saturated carbocycles. The summed E-state index contributed by atoms with van der Waals surface area (Å²) in [5.74, 6) is 0. The van der Waals surface area contributed by atoms with Crippen LogP contribution in [0.2, 0.25) is 0 Å². The molecule has 2 unspecified atom stereocenters. The number of alkyl halides is 1. The van der Waals surface area contributed by atoms with Gasteiger partial charge in [0.2, 0.25) is 0 Å². The second-order valence-corrected chi connectivity index (χ2v) is 2.34. The fourth-order valence-electron chi connectivity index (χ4n) is 1.04. The van der Waals surface area contributed by atoms with Crippen LogP contribution < -0.4 is 0 Å². The highest BCUT2D eigenvalue weighted by molar-refractivity contribution is 4.90. The van der Waals surface area contributed by atoms with Crippen LogP contribution in [0.1, 0.15) is 13.3 Å². The lowest BCUT2D eigenvalue weighted by molar-refractivity contribution is 0.262. The Bertz CT molecular complexity index is 140. The molecule has 2 nitrogen and oxygen atoms in total. The Morgan fingerprint density at radius 2 is 2.44 bits per heavy atom. The second-order valence-electron chi connectivity index (χ2n) is 2.34. The van der Waals surface area contributed by atoms with E-state index in [0.29, 0.717) is 13.0 Å². The molecule has 0 aromatic rings. The molecular weight excluding hydrogens is 119 g/mol. The van der Waals surface area contributed by atoms with Gasteiger partial charge in [0.1, 0.15) is 6.17 Å². The maximum atomic E-state index is 12.6. The predicted molar refractivity (Wildman–Crippen MR) is 31.3 cm³/mol. The van der Waals surface area contributed by atoms with E-state index >= 15 is 0 Å². The molecule has 0 N–H and O–H groups in total. The van der Waals surface area contributed by atoms with Gasteiger partial charge in [0.25, 0.3) is 0 Å². The number of halogens is 1. The number of nitriles is 1. The van der Waals surface area contributed by atoms with Gasteiger partial charge >= 0.3 is 0 Å². The zero-order valence-corrected chi connectivity index (χ0v) is 5.34. The summed E-state index contributed by atoms with van der Waals surface area (Å²) in [6.07, 6.45) is 1.64. The van der Waals surface area contributed by atoms with Gasteiger partial charge < -0.3 is 4.90 Å². The zero-order valence-electron chi connectivity index (χ0n) is 5.34. The molecule has 0 bridgehead atoms. The molecule has 1 rings (SSSR count). The first-order valence-electron chi connectivity index (χ1n) is 3.06. The molecule has 1 saturated heterocycles. The Balaban J connectivity index is 2.54. The fourth-order valence-corrected chi connectivity index (χ4v) is 1.04. The average Bonchev–Trinajstić information content (AvgIpc) is 2.15. The van der Waals surface area contributed by atoms with Gasteiger partial charge in [-0.15, -0.1) is 0 Å². The van der Waals surface area contributed by atoms with Gasteiger partial charge in [0.05, 0.1) is 6.04 Å². The zero-order chi connectivity index (χ0) is 6.85. The van der Waals surface area contributed by atoms with E-state index in [1.165, 1.54) is 4.90 Å². The highest BCUT2D eigenvalue weighted by Crippen LogP contribution is 2.18. The summed E-state index contributed by atoms with van der Waals surface area (Å²) in [6.45, 7) is 2.32. The Kier molecular flexibility index (Phi) is 1.56.